The number of hydrogen-bond donors (Lipinski definition) is 3. The first-order valence-electron chi connectivity index (χ1n) is 8.76. The summed E-state index contributed by atoms with van der Waals surface area (Å²) in [4.78, 5) is 23.4. The van der Waals surface area contributed by atoms with Crippen molar-refractivity contribution in [3.05, 3.63) is 35.4 Å². The lowest BCUT2D eigenvalue weighted by Gasteiger charge is -2.23. The Morgan fingerprint density at radius 2 is 1.67 bits per heavy atom. The summed E-state index contributed by atoms with van der Waals surface area (Å²) >= 11 is 0. The van der Waals surface area contributed by atoms with Crippen molar-refractivity contribution in [2.45, 2.75) is 59.5 Å². The quantitative estimate of drug-likeness (QED) is 0.684. The number of benzene rings is 1. The van der Waals surface area contributed by atoms with Crippen molar-refractivity contribution in [1.82, 2.24) is 16.0 Å². The fourth-order valence-corrected chi connectivity index (χ4v) is 2.59. The maximum absolute atomic E-state index is 11.9. The molecule has 0 aliphatic heterocycles. The van der Waals surface area contributed by atoms with Crippen LogP contribution in [-0.2, 0) is 11.2 Å². The average molecular weight is 333 g/mol. The Balaban J connectivity index is 2.60. The van der Waals surface area contributed by atoms with E-state index < -0.39 is 6.03 Å². The fraction of sp³-hybridized carbons (Fsp3) is 0.579. The van der Waals surface area contributed by atoms with Crippen LogP contribution >= 0.6 is 0 Å². The van der Waals surface area contributed by atoms with Crippen molar-refractivity contribution >= 4 is 11.9 Å². The highest BCUT2D eigenvalue weighted by molar-refractivity contribution is 5.95. The second-order valence-electron chi connectivity index (χ2n) is 6.77. The number of rotatable bonds is 8. The van der Waals surface area contributed by atoms with Crippen molar-refractivity contribution in [2.75, 3.05) is 6.54 Å². The molecule has 0 aliphatic carbocycles. The minimum Gasteiger partial charge on any atom is -0.336 e. The molecular weight excluding hydrogens is 302 g/mol. The summed E-state index contributed by atoms with van der Waals surface area (Å²) in [6.45, 7) is 10.2. The summed E-state index contributed by atoms with van der Waals surface area (Å²) in [6, 6.07) is 8.13. The third-order valence-electron chi connectivity index (χ3n) is 3.70. The van der Waals surface area contributed by atoms with E-state index in [-0.39, 0.29) is 24.5 Å². The third kappa shape index (κ3) is 7.13. The Hall–Kier alpha value is -1.88. The molecule has 1 aromatic carbocycles. The van der Waals surface area contributed by atoms with E-state index in [1.807, 2.05) is 13.8 Å². The van der Waals surface area contributed by atoms with Crippen LogP contribution in [0.25, 0.3) is 0 Å². The van der Waals surface area contributed by atoms with Gasteiger partial charge in [0.05, 0.1) is 6.54 Å². The highest BCUT2D eigenvalue weighted by Gasteiger charge is 2.17. The van der Waals surface area contributed by atoms with E-state index in [1.54, 1.807) is 0 Å². The number of urea groups is 1. The van der Waals surface area contributed by atoms with Crippen molar-refractivity contribution in [3.8, 4) is 0 Å². The predicted molar refractivity (Wildman–Crippen MR) is 97.8 cm³/mol. The molecule has 0 fully saturated rings. The van der Waals surface area contributed by atoms with Crippen LogP contribution in [0.5, 0.6) is 0 Å². The summed E-state index contributed by atoms with van der Waals surface area (Å²) in [6.07, 6.45) is 2.21. The monoisotopic (exact) mass is 333 g/mol. The molecule has 1 atom stereocenters. The topological polar surface area (TPSA) is 70.2 Å². The molecular formula is C19H31N3O2. The van der Waals surface area contributed by atoms with Crippen LogP contribution in [-0.4, -0.2) is 24.5 Å². The van der Waals surface area contributed by atoms with Crippen LogP contribution < -0.4 is 16.0 Å². The van der Waals surface area contributed by atoms with E-state index in [0.717, 1.165) is 18.4 Å². The zero-order valence-corrected chi connectivity index (χ0v) is 15.5. The molecule has 0 spiro atoms. The van der Waals surface area contributed by atoms with Crippen molar-refractivity contribution < 1.29 is 9.59 Å². The number of carbonyl (C=O) groups is 2. The van der Waals surface area contributed by atoms with Crippen LogP contribution in [0.4, 0.5) is 4.79 Å². The molecule has 5 heteroatoms. The number of amides is 3. The van der Waals surface area contributed by atoms with E-state index >= 15 is 0 Å². The Morgan fingerprint density at radius 3 is 2.17 bits per heavy atom. The molecule has 24 heavy (non-hydrogen) atoms. The highest BCUT2D eigenvalue weighted by Crippen LogP contribution is 2.22. The second kappa shape index (κ2) is 10.1. The van der Waals surface area contributed by atoms with Crippen LogP contribution in [0.15, 0.2) is 24.3 Å². The van der Waals surface area contributed by atoms with E-state index in [1.165, 1.54) is 5.56 Å². The Labute approximate surface area is 145 Å². The van der Waals surface area contributed by atoms with Gasteiger partial charge in [-0.2, -0.15) is 0 Å². The third-order valence-corrected chi connectivity index (χ3v) is 3.70. The molecule has 5 nitrogen and oxygen atoms in total. The van der Waals surface area contributed by atoms with Gasteiger partial charge in [0.15, 0.2) is 0 Å². The number of aryl methyl sites for hydroxylation is 1. The van der Waals surface area contributed by atoms with Gasteiger partial charge < -0.3 is 10.6 Å². The maximum Gasteiger partial charge on any atom is 0.321 e. The first-order valence-corrected chi connectivity index (χ1v) is 8.76. The maximum atomic E-state index is 11.9. The molecule has 0 saturated carbocycles. The van der Waals surface area contributed by atoms with Crippen molar-refractivity contribution in [1.29, 1.82) is 0 Å². The van der Waals surface area contributed by atoms with E-state index in [0.29, 0.717) is 5.92 Å². The van der Waals surface area contributed by atoms with Gasteiger partial charge in [0, 0.05) is 12.1 Å². The van der Waals surface area contributed by atoms with Gasteiger partial charge in [0.1, 0.15) is 0 Å². The van der Waals surface area contributed by atoms with Gasteiger partial charge in [-0.3, -0.25) is 10.1 Å². The molecule has 0 heterocycles. The van der Waals surface area contributed by atoms with E-state index in [9.17, 15) is 9.59 Å². The molecule has 0 aromatic heterocycles. The smallest absolute Gasteiger partial charge is 0.321 e. The molecule has 1 aromatic rings. The van der Waals surface area contributed by atoms with Gasteiger partial charge in [-0.15, -0.1) is 0 Å². The van der Waals surface area contributed by atoms with Crippen LogP contribution in [0.3, 0.4) is 0 Å². The number of hydrogen-bond acceptors (Lipinski definition) is 3. The number of carbonyl (C=O) groups excluding carboxylic acids is 2. The van der Waals surface area contributed by atoms with Crippen LogP contribution in [0, 0.1) is 5.92 Å². The molecule has 3 N–H and O–H groups in total. The molecule has 0 saturated heterocycles. The summed E-state index contributed by atoms with van der Waals surface area (Å²) in [5.74, 6) is 0.000666. The first kappa shape index (κ1) is 20.2. The zero-order chi connectivity index (χ0) is 18.1. The van der Waals surface area contributed by atoms with Crippen molar-refractivity contribution in [2.24, 2.45) is 5.92 Å². The second-order valence-corrected chi connectivity index (χ2v) is 6.77. The Bertz CT molecular complexity index is 524. The van der Waals surface area contributed by atoms with Crippen LogP contribution in [0.2, 0.25) is 0 Å². The largest absolute Gasteiger partial charge is 0.336 e. The fourth-order valence-electron chi connectivity index (χ4n) is 2.59. The van der Waals surface area contributed by atoms with Gasteiger partial charge in [-0.05, 0) is 37.3 Å². The lowest BCUT2D eigenvalue weighted by molar-refractivity contribution is -0.119. The van der Waals surface area contributed by atoms with Gasteiger partial charge in [-0.25, -0.2) is 4.79 Å². The Morgan fingerprint density at radius 1 is 1.04 bits per heavy atom. The molecule has 0 radical (unpaired) electrons. The molecule has 0 bridgehead atoms. The lowest BCUT2D eigenvalue weighted by Crippen LogP contribution is -2.46. The molecule has 3 amide bonds. The predicted octanol–water partition coefficient (Wildman–Crippen LogP) is 3.16. The van der Waals surface area contributed by atoms with Gasteiger partial charge in [0.25, 0.3) is 0 Å². The normalized spacial score (nSPS) is 12.3. The average Bonchev–Trinajstić information content (AvgIpc) is 2.48. The molecule has 0 aliphatic rings. The molecule has 134 valence electrons. The Kier molecular flexibility index (Phi) is 8.47. The first-order chi connectivity index (χ1) is 11.3. The van der Waals surface area contributed by atoms with Gasteiger partial charge >= 0.3 is 6.03 Å². The summed E-state index contributed by atoms with van der Waals surface area (Å²) < 4.78 is 0. The summed E-state index contributed by atoms with van der Waals surface area (Å²) in [7, 11) is 0. The zero-order valence-electron chi connectivity index (χ0n) is 15.5. The minimum absolute atomic E-state index is 0.00388. The van der Waals surface area contributed by atoms with E-state index in [4.69, 9.17) is 0 Å². The molecule has 1 rings (SSSR count). The van der Waals surface area contributed by atoms with Gasteiger partial charge in [0.2, 0.25) is 5.91 Å². The summed E-state index contributed by atoms with van der Waals surface area (Å²) in [5, 5.41) is 8.22. The summed E-state index contributed by atoms with van der Waals surface area (Å²) in [5.41, 5.74) is 2.48. The molecule has 0 unspecified atom stereocenters. The lowest BCUT2D eigenvalue weighted by atomic mass is 9.94. The standard InChI is InChI=1S/C19H31N3O2/c1-6-7-15-8-10-16(11-9-15)18(13(2)3)20-12-17(23)22-19(24)21-14(4)5/h8-11,13-14,18,20H,6-7,12H2,1-5H3,(H2,21,22,23,24)/t18-/m0/s1. The SMILES string of the molecule is CCCc1ccc([C@@H](NCC(=O)NC(=O)NC(C)C)C(C)C)cc1. The minimum atomic E-state index is -0.457. The number of imide groups is 1. The number of nitrogens with one attached hydrogen (secondary N) is 3. The highest BCUT2D eigenvalue weighted by atomic mass is 16.2. The van der Waals surface area contributed by atoms with Crippen molar-refractivity contribution in [3.63, 3.8) is 0 Å². The van der Waals surface area contributed by atoms with E-state index in [2.05, 4.69) is 61.0 Å². The van der Waals surface area contributed by atoms with Gasteiger partial charge in [-0.1, -0.05) is 51.5 Å². The van der Waals surface area contributed by atoms with Crippen LogP contribution in [0.1, 0.15) is 58.2 Å².